The number of rotatable bonds is 3. The van der Waals surface area contributed by atoms with Gasteiger partial charge in [-0.2, -0.15) is 0 Å². The molecule has 6 nitrogen and oxygen atoms in total. The van der Waals surface area contributed by atoms with Gasteiger partial charge in [0.05, 0.1) is 11.9 Å². The van der Waals surface area contributed by atoms with Crippen molar-refractivity contribution in [1.82, 2.24) is 19.4 Å². The molecule has 1 aromatic carbocycles. The third kappa shape index (κ3) is 3.37. The van der Waals surface area contributed by atoms with Crippen LogP contribution >= 0.6 is 23.2 Å². The number of hydrogen-bond acceptors (Lipinski definition) is 4. The quantitative estimate of drug-likeness (QED) is 0.481. The molecule has 0 N–H and O–H groups in total. The molecule has 0 aliphatic carbocycles. The van der Waals surface area contributed by atoms with Crippen LogP contribution in [0.4, 0.5) is 5.69 Å². The summed E-state index contributed by atoms with van der Waals surface area (Å²) in [6, 6.07) is 10.6. The van der Waals surface area contributed by atoms with Gasteiger partial charge in [-0.1, -0.05) is 35.3 Å². The average molecular weight is 398 g/mol. The Labute approximate surface area is 165 Å². The standard InChI is InChI=1S/C19H13Cl2N5O/c1-25(14-6-7-16(21)23-10-14)19(27)15-11-26-9-8-22-18(26)17(24-15)12-2-4-13(20)5-3-12/h2-11H,1H3. The van der Waals surface area contributed by atoms with Gasteiger partial charge in [0.2, 0.25) is 0 Å². The number of imidazole rings is 1. The van der Waals surface area contributed by atoms with Crippen molar-refractivity contribution in [3.63, 3.8) is 0 Å². The Morgan fingerprint density at radius 2 is 1.85 bits per heavy atom. The van der Waals surface area contributed by atoms with E-state index in [9.17, 15) is 4.79 Å². The SMILES string of the molecule is CN(C(=O)c1cn2ccnc2c(-c2ccc(Cl)cc2)n1)c1ccc(Cl)nc1. The number of carbonyl (C=O) groups excluding carboxylic acids is 1. The number of carbonyl (C=O) groups is 1. The predicted molar refractivity (Wildman–Crippen MR) is 105 cm³/mol. The Bertz CT molecular complexity index is 1120. The monoisotopic (exact) mass is 397 g/mol. The van der Waals surface area contributed by atoms with Gasteiger partial charge < -0.3 is 9.30 Å². The van der Waals surface area contributed by atoms with Gasteiger partial charge in [-0.25, -0.2) is 15.0 Å². The summed E-state index contributed by atoms with van der Waals surface area (Å²) < 4.78 is 1.78. The summed E-state index contributed by atoms with van der Waals surface area (Å²) in [6.45, 7) is 0. The number of aromatic nitrogens is 4. The van der Waals surface area contributed by atoms with E-state index in [-0.39, 0.29) is 11.6 Å². The zero-order chi connectivity index (χ0) is 19.0. The molecule has 0 unspecified atom stereocenters. The van der Waals surface area contributed by atoms with E-state index < -0.39 is 0 Å². The second-order valence-corrected chi connectivity index (χ2v) is 6.67. The lowest BCUT2D eigenvalue weighted by atomic mass is 10.1. The summed E-state index contributed by atoms with van der Waals surface area (Å²) in [6.07, 6.45) is 6.63. The molecule has 0 spiro atoms. The molecule has 0 aliphatic rings. The van der Waals surface area contributed by atoms with Crippen molar-refractivity contribution in [1.29, 1.82) is 0 Å². The van der Waals surface area contributed by atoms with Crippen LogP contribution in [0, 0.1) is 0 Å². The normalized spacial score (nSPS) is 10.9. The summed E-state index contributed by atoms with van der Waals surface area (Å²) >= 11 is 11.8. The third-order valence-corrected chi connectivity index (χ3v) is 4.59. The highest BCUT2D eigenvalue weighted by Crippen LogP contribution is 2.25. The minimum atomic E-state index is -0.273. The van der Waals surface area contributed by atoms with Crippen molar-refractivity contribution in [2.24, 2.45) is 0 Å². The van der Waals surface area contributed by atoms with Crippen LogP contribution < -0.4 is 4.90 Å². The minimum absolute atomic E-state index is 0.273. The maximum atomic E-state index is 13.0. The van der Waals surface area contributed by atoms with Crippen molar-refractivity contribution < 1.29 is 4.79 Å². The molecule has 0 aliphatic heterocycles. The lowest BCUT2D eigenvalue weighted by Crippen LogP contribution is -2.27. The van der Waals surface area contributed by atoms with Crippen LogP contribution in [0.3, 0.4) is 0 Å². The molecule has 0 atom stereocenters. The summed E-state index contributed by atoms with van der Waals surface area (Å²) in [5, 5.41) is 0.989. The van der Waals surface area contributed by atoms with Gasteiger partial charge in [0, 0.05) is 36.2 Å². The van der Waals surface area contributed by atoms with Gasteiger partial charge in [-0.3, -0.25) is 4.79 Å². The van der Waals surface area contributed by atoms with Crippen molar-refractivity contribution >= 4 is 40.4 Å². The first-order valence-electron chi connectivity index (χ1n) is 8.02. The average Bonchev–Trinajstić information content (AvgIpc) is 3.16. The highest BCUT2D eigenvalue weighted by Gasteiger charge is 2.19. The molecule has 134 valence electrons. The molecule has 3 aromatic heterocycles. The van der Waals surface area contributed by atoms with Gasteiger partial charge in [0.25, 0.3) is 5.91 Å². The molecule has 0 saturated carbocycles. The van der Waals surface area contributed by atoms with Crippen LogP contribution in [0.5, 0.6) is 0 Å². The molecule has 1 amide bonds. The first-order valence-corrected chi connectivity index (χ1v) is 8.78. The van der Waals surface area contributed by atoms with Crippen LogP contribution in [0.15, 0.2) is 61.2 Å². The summed E-state index contributed by atoms with van der Waals surface area (Å²) in [5.41, 5.74) is 2.98. The largest absolute Gasteiger partial charge is 0.309 e. The number of nitrogens with zero attached hydrogens (tertiary/aromatic N) is 5. The predicted octanol–water partition coefficient (Wildman–Crippen LogP) is 4.37. The number of amides is 1. The van der Waals surface area contributed by atoms with Gasteiger partial charge >= 0.3 is 0 Å². The van der Waals surface area contributed by atoms with Gasteiger partial charge in [0.1, 0.15) is 16.5 Å². The molecule has 4 rings (SSSR count). The van der Waals surface area contributed by atoms with E-state index in [2.05, 4.69) is 15.0 Å². The second-order valence-electron chi connectivity index (χ2n) is 5.84. The highest BCUT2D eigenvalue weighted by atomic mass is 35.5. The van der Waals surface area contributed by atoms with Crippen LogP contribution in [-0.4, -0.2) is 32.3 Å². The van der Waals surface area contributed by atoms with E-state index in [0.717, 1.165) is 5.56 Å². The molecule has 0 radical (unpaired) electrons. The Balaban J connectivity index is 1.79. The van der Waals surface area contributed by atoms with Gasteiger partial charge in [0.15, 0.2) is 5.65 Å². The Hall–Kier alpha value is -2.96. The number of hydrogen-bond donors (Lipinski definition) is 0. The summed E-state index contributed by atoms with van der Waals surface area (Å²) in [7, 11) is 1.66. The summed E-state index contributed by atoms with van der Waals surface area (Å²) in [5.74, 6) is -0.273. The van der Waals surface area contributed by atoms with E-state index in [4.69, 9.17) is 23.2 Å². The number of fused-ring (bicyclic) bond motifs is 1. The van der Waals surface area contributed by atoms with E-state index in [0.29, 0.717) is 27.2 Å². The number of pyridine rings is 1. The molecule has 8 heteroatoms. The molecular formula is C19H13Cl2N5O. The second kappa shape index (κ2) is 6.98. The first-order chi connectivity index (χ1) is 13.0. The summed E-state index contributed by atoms with van der Waals surface area (Å²) in [4.78, 5) is 27.4. The highest BCUT2D eigenvalue weighted by molar-refractivity contribution is 6.30. The van der Waals surface area contributed by atoms with E-state index >= 15 is 0 Å². The van der Waals surface area contributed by atoms with Crippen molar-refractivity contribution in [2.45, 2.75) is 0 Å². The number of halogens is 2. The Morgan fingerprint density at radius 1 is 1.07 bits per heavy atom. The number of anilines is 1. The van der Waals surface area contributed by atoms with Crippen LogP contribution in [0.1, 0.15) is 10.5 Å². The lowest BCUT2D eigenvalue weighted by Gasteiger charge is -2.17. The van der Waals surface area contributed by atoms with E-state index in [1.807, 2.05) is 12.1 Å². The first kappa shape index (κ1) is 17.5. The number of benzene rings is 1. The van der Waals surface area contributed by atoms with E-state index in [1.165, 1.54) is 11.1 Å². The third-order valence-electron chi connectivity index (χ3n) is 4.11. The Kier molecular flexibility index (Phi) is 4.51. The van der Waals surface area contributed by atoms with Crippen molar-refractivity contribution in [3.05, 3.63) is 77.1 Å². The fourth-order valence-corrected chi connectivity index (χ4v) is 2.93. The van der Waals surface area contributed by atoms with E-state index in [1.54, 1.807) is 54.3 Å². The van der Waals surface area contributed by atoms with Crippen LogP contribution in [0.2, 0.25) is 10.2 Å². The molecular weight excluding hydrogens is 385 g/mol. The molecule has 27 heavy (non-hydrogen) atoms. The minimum Gasteiger partial charge on any atom is -0.309 e. The molecule has 0 bridgehead atoms. The van der Waals surface area contributed by atoms with Gasteiger partial charge in [-0.05, 0) is 24.3 Å². The van der Waals surface area contributed by atoms with Crippen LogP contribution in [0.25, 0.3) is 16.9 Å². The molecule has 3 heterocycles. The molecule has 4 aromatic rings. The maximum absolute atomic E-state index is 13.0. The topological polar surface area (TPSA) is 63.4 Å². The smallest absolute Gasteiger partial charge is 0.278 e. The van der Waals surface area contributed by atoms with Crippen molar-refractivity contribution in [3.8, 4) is 11.3 Å². The van der Waals surface area contributed by atoms with Gasteiger partial charge in [-0.15, -0.1) is 0 Å². The maximum Gasteiger partial charge on any atom is 0.278 e. The zero-order valence-corrected chi connectivity index (χ0v) is 15.7. The Morgan fingerprint density at radius 3 is 2.56 bits per heavy atom. The zero-order valence-electron chi connectivity index (χ0n) is 14.2. The fourth-order valence-electron chi connectivity index (χ4n) is 2.69. The van der Waals surface area contributed by atoms with Crippen molar-refractivity contribution in [2.75, 3.05) is 11.9 Å². The lowest BCUT2D eigenvalue weighted by molar-refractivity contribution is 0.0988. The molecule has 0 saturated heterocycles. The fraction of sp³-hybridized carbons (Fsp3) is 0.0526. The van der Waals surface area contributed by atoms with Crippen LogP contribution in [-0.2, 0) is 0 Å². The molecule has 0 fully saturated rings.